The molecule has 5 rings (SSSR count). The molecule has 4 aromatic carbocycles. The van der Waals surface area contributed by atoms with Gasteiger partial charge in [-0.3, -0.25) is 0 Å². The molecule has 170 valence electrons. The first-order valence-electron chi connectivity index (χ1n) is 10.6. The molecule has 4 aromatic rings. The Morgan fingerprint density at radius 3 is 2.44 bits per heavy atom. The van der Waals surface area contributed by atoms with Gasteiger partial charge in [0.1, 0.15) is 11.5 Å². The lowest BCUT2D eigenvalue weighted by Gasteiger charge is -2.25. The summed E-state index contributed by atoms with van der Waals surface area (Å²) in [4.78, 5) is 14.7. The molecule has 1 aliphatic rings. The molecule has 8 heteroatoms. The van der Waals surface area contributed by atoms with E-state index in [9.17, 15) is 13.2 Å². The molecular weight excluding hydrogens is 472 g/mol. The van der Waals surface area contributed by atoms with Gasteiger partial charge in [0.05, 0.1) is 22.8 Å². The maximum Gasteiger partial charge on any atom is 0.338 e. The van der Waals surface area contributed by atoms with E-state index in [4.69, 9.17) is 16.3 Å². The lowest BCUT2D eigenvalue weighted by Crippen LogP contribution is -2.34. The number of carbonyl (C=O) groups excluding carboxylic acids is 1. The molecule has 0 unspecified atom stereocenters. The van der Waals surface area contributed by atoms with E-state index in [1.54, 1.807) is 53.4 Å². The highest BCUT2D eigenvalue weighted by Crippen LogP contribution is 2.33. The Labute approximate surface area is 202 Å². The van der Waals surface area contributed by atoms with Gasteiger partial charge >= 0.3 is 5.97 Å². The van der Waals surface area contributed by atoms with E-state index in [1.165, 1.54) is 6.07 Å². The molecule has 6 nitrogen and oxygen atoms in total. The van der Waals surface area contributed by atoms with Crippen molar-refractivity contribution in [3.63, 3.8) is 0 Å². The second-order valence-corrected chi connectivity index (χ2v) is 9.63. The molecule has 0 bridgehead atoms. The zero-order valence-corrected chi connectivity index (χ0v) is 19.5. The second kappa shape index (κ2) is 8.93. The molecular formula is C26H19ClN2O4S. The van der Waals surface area contributed by atoms with Gasteiger partial charge in [-0.25, -0.2) is 4.79 Å². The number of ether oxygens (including phenoxy) is 1. The fraction of sp³-hybridized carbons (Fsp3) is 0.0769. The number of rotatable bonds is 5. The summed E-state index contributed by atoms with van der Waals surface area (Å²) < 4.78 is 34.9. The van der Waals surface area contributed by atoms with Gasteiger partial charge in [-0.15, -0.1) is 4.40 Å². The third kappa shape index (κ3) is 4.04. The summed E-state index contributed by atoms with van der Waals surface area (Å²) in [6.07, 6.45) is 0. The van der Waals surface area contributed by atoms with Gasteiger partial charge in [-0.2, -0.15) is 8.42 Å². The third-order valence-electron chi connectivity index (χ3n) is 5.57. The Morgan fingerprint density at radius 1 is 0.882 bits per heavy atom. The topological polar surface area (TPSA) is 76.0 Å². The number of anilines is 1. The summed E-state index contributed by atoms with van der Waals surface area (Å²) in [6, 6.07) is 26.7. The Balaban J connectivity index is 1.44. The van der Waals surface area contributed by atoms with E-state index in [1.807, 2.05) is 36.4 Å². The first-order valence-corrected chi connectivity index (χ1v) is 12.4. The van der Waals surface area contributed by atoms with Crippen molar-refractivity contribution in [1.29, 1.82) is 0 Å². The van der Waals surface area contributed by atoms with Gasteiger partial charge in [-0.05, 0) is 41.1 Å². The van der Waals surface area contributed by atoms with Gasteiger partial charge in [0, 0.05) is 5.56 Å². The van der Waals surface area contributed by atoms with Crippen LogP contribution in [0.2, 0.25) is 5.02 Å². The van der Waals surface area contributed by atoms with Crippen molar-refractivity contribution in [2.75, 3.05) is 18.1 Å². The summed E-state index contributed by atoms with van der Waals surface area (Å²) in [5.41, 5.74) is 1.51. The van der Waals surface area contributed by atoms with Gasteiger partial charge in [0.15, 0.2) is 5.84 Å². The number of halogens is 1. The summed E-state index contributed by atoms with van der Waals surface area (Å²) >= 11 is 6.44. The summed E-state index contributed by atoms with van der Waals surface area (Å²) in [5, 5.41) is 2.17. The van der Waals surface area contributed by atoms with E-state index in [-0.39, 0.29) is 23.9 Å². The molecule has 0 aliphatic carbocycles. The number of carbonyl (C=O) groups is 1. The Hall–Kier alpha value is -3.68. The number of esters is 1. The number of sulfonamides is 1. The molecule has 0 aromatic heterocycles. The van der Waals surface area contributed by atoms with Crippen LogP contribution in [-0.4, -0.2) is 33.4 Å². The minimum atomic E-state index is -3.83. The SMILES string of the molecule is O=C(OCCN(C1=NS(=O)(=O)c2ccccc21)c1ccccc1Cl)c1cccc2ccccc12. The van der Waals surface area contributed by atoms with Gasteiger partial charge in [-0.1, -0.05) is 72.3 Å². The van der Waals surface area contributed by atoms with Crippen molar-refractivity contribution in [3.05, 3.63) is 107 Å². The van der Waals surface area contributed by atoms with Crippen molar-refractivity contribution < 1.29 is 17.9 Å². The number of fused-ring (bicyclic) bond motifs is 2. The fourth-order valence-electron chi connectivity index (χ4n) is 4.01. The second-order valence-electron chi connectivity index (χ2n) is 7.65. The van der Waals surface area contributed by atoms with Crippen LogP contribution in [0.3, 0.4) is 0 Å². The van der Waals surface area contributed by atoms with Gasteiger partial charge in [0.2, 0.25) is 0 Å². The molecule has 0 fully saturated rings. The van der Waals surface area contributed by atoms with Crippen LogP contribution in [0.5, 0.6) is 0 Å². The standard InChI is InChI=1S/C26H19ClN2O4S/c27-22-13-4-5-14-23(22)29(25-21-11-3-6-15-24(21)34(31,32)28-25)16-17-33-26(30)20-12-7-9-18-8-1-2-10-19(18)20/h1-15H,16-17H2. The first kappa shape index (κ1) is 22.1. The van der Waals surface area contributed by atoms with Crippen molar-refractivity contribution in [1.82, 2.24) is 0 Å². The highest BCUT2D eigenvalue weighted by molar-refractivity contribution is 7.90. The Bertz CT molecular complexity index is 1540. The van der Waals surface area contributed by atoms with Crippen LogP contribution in [0.1, 0.15) is 15.9 Å². The maximum absolute atomic E-state index is 12.9. The zero-order chi connectivity index (χ0) is 23.7. The lowest BCUT2D eigenvalue weighted by molar-refractivity contribution is 0.0520. The molecule has 0 saturated carbocycles. The van der Waals surface area contributed by atoms with Crippen molar-refractivity contribution in [2.24, 2.45) is 4.40 Å². The number of amidine groups is 1. The molecule has 1 heterocycles. The Morgan fingerprint density at radius 2 is 1.59 bits per heavy atom. The van der Waals surface area contributed by atoms with E-state index in [0.717, 1.165) is 10.8 Å². The van der Waals surface area contributed by atoms with Crippen molar-refractivity contribution >= 4 is 49.9 Å². The fourth-order valence-corrected chi connectivity index (χ4v) is 5.45. The average Bonchev–Trinajstić information content (AvgIpc) is 3.12. The number of hydrogen-bond donors (Lipinski definition) is 0. The number of nitrogens with zero attached hydrogens (tertiary/aromatic N) is 2. The van der Waals surface area contributed by atoms with Crippen LogP contribution < -0.4 is 4.90 Å². The summed E-state index contributed by atoms with van der Waals surface area (Å²) in [5.74, 6) is -0.220. The molecule has 0 saturated heterocycles. The molecule has 0 spiro atoms. The normalized spacial score (nSPS) is 13.9. The quantitative estimate of drug-likeness (QED) is 0.354. The van der Waals surface area contributed by atoms with Crippen molar-refractivity contribution in [3.8, 4) is 0 Å². The van der Waals surface area contributed by atoms with Gasteiger partial charge in [0.25, 0.3) is 10.0 Å². The molecule has 0 atom stereocenters. The van der Waals surface area contributed by atoms with E-state index < -0.39 is 16.0 Å². The van der Waals surface area contributed by atoms with E-state index in [0.29, 0.717) is 21.8 Å². The summed E-state index contributed by atoms with van der Waals surface area (Å²) in [7, 11) is -3.83. The monoisotopic (exact) mass is 490 g/mol. The lowest BCUT2D eigenvalue weighted by atomic mass is 10.1. The smallest absolute Gasteiger partial charge is 0.338 e. The van der Waals surface area contributed by atoms with Gasteiger partial charge < -0.3 is 9.64 Å². The van der Waals surface area contributed by atoms with E-state index >= 15 is 0 Å². The minimum Gasteiger partial charge on any atom is -0.460 e. The maximum atomic E-state index is 12.9. The molecule has 0 amide bonds. The average molecular weight is 491 g/mol. The molecule has 0 radical (unpaired) electrons. The minimum absolute atomic E-state index is 0.00544. The summed E-state index contributed by atoms with van der Waals surface area (Å²) in [6.45, 7) is 0.150. The van der Waals surface area contributed by atoms with Crippen LogP contribution in [-0.2, 0) is 14.8 Å². The third-order valence-corrected chi connectivity index (χ3v) is 7.21. The van der Waals surface area contributed by atoms with Crippen LogP contribution in [0, 0.1) is 0 Å². The van der Waals surface area contributed by atoms with Crippen LogP contribution in [0.15, 0.2) is 100 Å². The highest BCUT2D eigenvalue weighted by Gasteiger charge is 2.32. The zero-order valence-electron chi connectivity index (χ0n) is 17.9. The predicted molar refractivity (Wildman–Crippen MR) is 133 cm³/mol. The van der Waals surface area contributed by atoms with E-state index in [2.05, 4.69) is 4.40 Å². The Kier molecular flexibility index (Phi) is 5.81. The molecule has 34 heavy (non-hydrogen) atoms. The van der Waals surface area contributed by atoms with Crippen molar-refractivity contribution in [2.45, 2.75) is 4.90 Å². The largest absolute Gasteiger partial charge is 0.460 e. The van der Waals surface area contributed by atoms with Crippen LogP contribution >= 0.6 is 11.6 Å². The number of hydrogen-bond acceptors (Lipinski definition) is 5. The molecule has 1 aliphatic heterocycles. The first-order chi connectivity index (χ1) is 16.5. The number of benzene rings is 4. The van der Waals surface area contributed by atoms with Crippen LogP contribution in [0.25, 0.3) is 10.8 Å². The van der Waals surface area contributed by atoms with Crippen LogP contribution in [0.4, 0.5) is 5.69 Å². The highest BCUT2D eigenvalue weighted by atomic mass is 35.5. The molecule has 0 N–H and O–H groups in total. The predicted octanol–water partition coefficient (Wildman–Crippen LogP) is 5.31. The number of para-hydroxylation sites is 1.